The number of rotatable bonds is 5. The largest absolute Gasteiger partial charge is 0.472 e. The number of carbonyl (C=O) groups is 1. The molecule has 3 aromatic heterocycles. The van der Waals surface area contributed by atoms with Gasteiger partial charge in [-0.25, -0.2) is 9.67 Å². The second-order valence-corrected chi connectivity index (χ2v) is 6.54. The van der Waals surface area contributed by atoms with Gasteiger partial charge in [0.2, 0.25) is 5.88 Å². The molecule has 4 rings (SSSR count). The zero-order valence-corrected chi connectivity index (χ0v) is 16.2. The van der Waals surface area contributed by atoms with Crippen LogP contribution in [0.15, 0.2) is 59.4 Å². The molecule has 0 bridgehead atoms. The lowest BCUT2D eigenvalue weighted by atomic mass is 10.2. The van der Waals surface area contributed by atoms with Crippen molar-refractivity contribution in [3.8, 4) is 17.4 Å². The molecule has 146 valence electrons. The Labute approximate surface area is 167 Å². The minimum Gasteiger partial charge on any atom is -0.472 e. The molecular formula is C21H19N5O3. The molecule has 0 aliphatic heterocycles. The summed E-state index contributed by atoms with van der Waals surface area (Å²) in [5.74, 6) is 1.98. The van der Waals surface area contributed by atoms with E-state index in [0.29, 0.717) is 34.5 Å². The average Bonchev–Trinajstić information content (AvgIpc) is 3.32. The first-order valence-electron chi connectivity index (χ1n) is 8.99. The van der Waals surface area contributed by atoms with Crippen LogP contribution in [-0.4, -0.2) is 25.7 Å². The topological polar surface area (TPSA) is 95.1 Å². The number of carbonyl (C=O) groups excluding carboxylic acids is 1. The van der Waals surface area contributed by atoms with Gasteiger partial charge in [0.25, 0.3) is 5.91 Å². The van der Waals surface area contributed by atoms with Crippen molar-refractivity contribution in [1.82, 2.24) is 19.7 Å². The number of nitrogens with one attached hydrogen (secondary N) is 1. The highest BCUT2D eigenvalue weighted by Crippen LogP contribution is 2.24. The summed E-state index contributed by atoms with van der Waals surface area (Å²) in [7, 11) is 0. The van der Waals surface area contributed by atoms with Gasteiger partial charge in [-0.3, -0.25) is 4.79 Å². The second kappa shape index (κ2) is 7.59. The predicted molar refractivity (Wildman–Crippen MR) is 107 cm³/mol. The fraction of sp³-hybridized carbons (Fsp3) is 0.143. The number of nitrogens with zero attached hydrogens (tertiary/aromatic N) is 4. The molecule has 0 saturated carbocycles. The minimum atomic E-state index is -0.242. The van der Waals surface area contributed by atoms with E-state index in [4.69, 9.17) is 9.15 Å². The summed E-state index contributed by atoms with van der Waals surface area (Å²) in [4.78, 5) is 20.8. The Kier molecular flexibility index (Phi) is 4.82. The fourth-order valence-corrected chi connectivity index (χ4v) is 2.87. The number of ether oxygens (including phenoxy) is 1. The molecule has 29 heavy (non-hydrogen) atoms. The highest BCUT2D eigenvalue weighted by molar-refractivity contribution is 6.03. The maximum atomic E-state index is 12.1. The third-order valence-corrected chi connectivity index (χ3v) is 4.15. The molecule has 4 aromatic rings. The average molecular weight is 389 g/mol. The Balaban J connectivity index is 1.50. The molecule has 8 heteroatoms. The second-order valence-electron chi connectivity index (χ2n) is 6.54. The lowest BCUT2D eigenvalue weighted by Gasteiger charge is -2.10. The number of hydrogen-bond acceptors (Lipinski definition) is 6. The van der Waals surface area contributed by atoms with Crippen LogP contribution in [0.25, 0.3) is 5.82 Å². The molecule has 1 amide bonds. The molecule has 1 aromatic carbocycles. The van der Waals surface area contributed by atoms with Crippen molar-refractivity contribution >= 4 is 11.6 Å². The van der Waals surface area contributed by atoms with Crippen LogP contribution >= 0.6 is 0 Å². The first-order chi connectivity index (χ1) is 14.0. The van der Waals surface area contributed by atoms with E-state index in [0.717, 1.165) is 11.4 Å². The third kappa shape index (κ3) is 4.16. The van der Waals surface area contributed by atoms with E-state index < -0.39 is 0 Å². The Morgan fingerprint density at radius 3 is 2.52 bits per heavy atom. The number of anilines is 1. The van der Waals surface area contributed by atoms with Crippen molar-refractivity contribution in [2.75, 3.05) is 5.32 Å². The van der Waals surface area contributed by atoms with Gasteiger partial charge in [-0.05, 0) is 57.2 Å². The zero-order valence-electron chi connectivity index (χ0n) is 16.2. The Morgan fingerprint density at radius 1 is 1.07 bits per heavy atom. The van der Waals surface area contributed by atoms with Gasteiger partial charge in [-0.1, -0.05) is 0 Å². The van der Waals surface area contributed by atoms with Crippen LogP contribution in [0.4, 0.5) is 5.69 Å². The number of furan rings is 1. The maximum absolute atomic E-state index is 12.1. The first kappa shape index (κ1) is 18.4. The number of benzene rings is 1. The van der Waals surface area contributed by atoms with Crippen LogP contribution in [-0.2, 0) is 0 Å². The van der Waals surface area contributed by atoms with E-state index in [1.165, 1.54) is 12.5 Å². The Morgan fingerprint density at radius 2 is 1.86 bits per heavy atom. The van der Waals surface area contributed by atoms with Crippen LogP contribution in [0, 0.1) is 20.8 Å². The quantitative estimate of drug-likeness (QED) is 0.549. The van der Waals surface area contributed by atoms with Crippen LogP contribution < -0.4 is 10.1 Å². The molecule has 3 heterocycles. The number of amides is 1. The molecular weight excluding hydrogens is 370 g/mol. The van der Waals surface area contributed by atoms with Gasteiger partial charge in [0, 0.05) is 17.4 Å². The number of aryl methyl sites for hydroxylation is 3. The summed E-state index contributed by atoms with van der Waals surface area (Å²) in [5.41, 5.74) is 2.99. The zero-order chi connectivity index (χ0) is 20.4. The van der Waals surface area contributed by atoms with Gasteiger partial charge < -0.3 is 14.5 Å². The first-order valence-corrected chi connectivity index (χ1v) is 8.99. The normalized spacial score (nSPS) is 10.7. The number of hydrogen-bond donors (Lipinski definition) is 1. The van der Waals surface area contributed by atoms with Crippen molar-refractivity contribution in [2.24, 2.45) is 0 Å². The van der Waals surface area contributed by atoms with Gasteiger partial charge >= 0.3 is 0 Å². The maximum Gasteiger partial charge on any atom is 0.258 e. The van der Waals surface area contributed by atoms with Gasteiger partial charge in [0.05, 0.1) is 17.5 Å². The molecule has 0 fully saturated rings. The lowest BCUT2D eigenvalue weighted by molar-refractivity contribution is 0.102. The van der Waals surface area contributed by atoms with Gasteiger partial charge in [0.1, 0.15) is 17.8 Å². The van der Waals surface area contributed by atoms with Gasteiger partial charge in [-0.15, -0.1) is 0 Å². The van der Waals surface area contributed by atoms with Crippen LogP contribution in [0.1, 0.15) is 27.6 Å². The third-order valence-electron chi connectivity index (χ3n) is 4.15. The minimum absolute atomic E-state index is 0.242. The monoisotopic (exact) mass is 389 g/mol. The summed E-state index contributed by atoms with van der Waals surface area (Å²) in [5, 5.41) is 7.25. The molecule has 0 spiro atoms. The summed E-state index contributed by atoms with van der Waals surface area (Å²) in [6.07, 6.45) is 2.85. The Hall–Kier alpha value is -3.94. The van der Waals surface area contributed by atoms with Crippen LogP contribution in [0.3, 0.4) is 0 Å². The van der Waals surface area contributed by atoms with E-state index in [1.807, 2.05) is 19.9 Å². The van der Waals surface area contributed by atoms with Crippen LogP contribution in [0.5, 0.6) is 11.6 Å². The van der Waals surface area contributed by atoms with Crippen molar-refractivity contribution < 1.29 is 13.9 Å². The highest BCUT2D eigenvalue weighted by atomic mass is 16.5. The Bertz CT molecular complexity index is 1150. The van der Waals surface area contributed by atoms with Crippen molar-refractivity contribution in [3.05, 3.63) is 77.8 Å². The molecule has 0 radical (unpaired) electrons. The van der Waals surface area contributed by atoms with E-state index in [9.17, 15) is 4.79 Å². The van der Waals surface area contributed by atoms with Gasteiger partial charge in [-0.2, -0.15) is 10.1 Å². The molecule has 0 unspecified atom stereocenters. The van der Waals surface area contributed by atoms with E-state index >= 15 is 0 Å². The summed E-state index contributed by atoms with van der Waals surface area (Å²) < 4.78 is 12.6. The van der Waals surface area contributed by atoms with Crippen molar-refractivity contribution in [3.63, 3.8) is 0 Å². The standard InChI is InChI=1S/C21H19N5O3/c1-13-10-14(2)26(25-13)19-11-20(23-15(3)22-19)29-18-6-4-17(5-7-18)24-21(27)16-8-9-28-12-16/h4-12H,1-3H3,(H,24,27). The fourth-order valence-electron chi connectivity index (χ4n) is 2.87. The van der Waals surface area contributed by atoms with E-state index in [2.05, 4.69) is 20.4 Å². The van der Waals surface area contributed by atoms with Crippen molar-refractivity contribution in [2.45, 2.75) is 20.8 Å². The predicted octanol–water partition coefficient (Wildman–Crippen LogP) is 4.23. The smallest absolute Gasteiger partial charge is 0.258 e. The highest BCUT2D eigenvalue weighted by Gasteiger charge is 2.11. The molecule has 0 aliphatic carbocycles. The molecule has 8 nitrogen and oxygen atoms in total. The van der Waals surface area contributed by atoms with Gasteiger partial charge in [0.15, 0.2) is 5.82 Å². The summed E-state index contributed by atoms with van der Waals surface area (Å²) in [6.45, 7) is 5.70. The molecule has 0 saturated heterocycles. The van der Waals surface area contributed by atoms with Crippen molar-refractivity contribution in [1.29, 1.82) is 0 Å². The SMILES string of the molecule is Cc1cc(C)n(-c2cc(Oc3ccc(NC(=O)c4ccoc4)cc3)nc(C)n2)n1. The van der Waals surface area contributed by atoms with E-state index in [-0.39, 0.29) is 5.91 Å². The molecule has 1 N–H and O–H groups in total. The lowest BCUT2D eigenvalue weighted by Crippen LogP contribution is -2.10. The summed E-state index contributed by atoms with van der Waals surface area (Å²) in [6, 6.07) is 12.3. The molecule has 0 aliphatic rings. The van der Waals surface area contributed by atoms with E-state index in [1.54, 1.807) is 48.0 Å². The molecule has 0 atom stereocenters. The summed E-state index contributed by atoms with van der Waals surface area (Å²) >= 11 is 0. The van der Waals surface area contributed by atoms with Crippen LogP contribution in [0.2, 0.25) is 0 Å². The number of aromatic nitrogens is 4.